The molecule has 3 heteroatoms. The van der Waals surface area contributed by atoms with Gasteiger partial charge in [-0.25, -0.2) is 8.42 Å². The lowest BCUT2D eigenvalue weighted by Gasteiger charge is -1.60. The van der Waals surface area contributed by atoms with Gasteiger partial charge in [0, 0.05) is 5.41 Å². The van der Waals surface area contributed by atoms with Crippen molar-refractivity contribution < 1.29 is 8.42 Å². The van der Waals surface area contributed by atoms with Crippen molar-refractivity contribution >= 4 is 10.7 Å². The van der Waals surface area contributed by atoms with Gasteiger partial charge in [0.15, 0.2) is 10.7 Å². The van der Waals surface area contributed by atoms with Gasteiger partial charge in [0.25, 0.3) is 0 Å². The Kier molecular flexibility index (Phi) is 3.32. The predicted molar refractivity (Wildman–Crippen MR) is 28.3 cm³/mol. The van der Waals surface area contributed by atoms with Crippen LogP contribution < -0.4 is 0 Å². The number of hydrogen-bond donors (Lipinski definition) is 1. The van der Waals surface area contributed by atoms with Crippen molar-refractivity contribution in [3.8, 4) is 0 Å². The molecule has 0 rings (SSSR count). The van der Waals surface area contributed by atoms with E-state index in [4.69, 9.17) is 0 Å². The molecule has 0 aromatic rings. The van der Waals surface area contributed by atoms with E-state index in [0.717, 1.165) is 5.41 Å². The van der Waals surface area contributed by atoms with Gasteiger partial charge in [-0.05, 0) is 12.2 Å². The van der Waals surface area contributed by atoms with Crippen LogP contribution in [0, 0.1) is 6.08 Å². The van der Waals surface area contributed by atoms with Crippen LogP contribution in [0.1, 0.15) is 0 Å². The first-order valence-corrected chi connectivity index (χ1v) is 2.85. The van der Waals surface area contributed by atoms with Gasteiger partial charge >= 0.3 is 0 Å². The minimum absolute atomic E-state index is 1.00. The molecule has 0 atom stereocenters. The van der Waals surface area contributed by atoms with Crippen LogP contribution in [0.2, 0.25) is 0 Å². The predicted octanol–water partition coefficient (Wildman–Crippen LogP) is 0.101. The zero-order chi connectivity index (χ0) is 5.70. The summed E-state index contributed by atoms with van der Waals surface area (Å²) >= 11 is 0. The molecule has 39 valence electrons. The van der Waals surface area contributed by atoms with E-state index in [1.807, 2.05) is 0 Å². The first-order chi connectivity index (χ1) is 3.27. The van der Waals surface area contributed by atoms with Crippen LogP contribution in [-0.4, -0.2) is 8.42 Å². The van der Waals surface area contributed by atoms with E-state index >= 15 is 0 Å². The van der Waals surface area contributed by atoms with Gasteiger partial charge in [-0.3, -0.25) is 0 Å². The Morgan fingerprint density at radius 2 is 2.14 bits per heavy atom. The van der Waals surface area contributed by atoms with Crippen LogP contribution in [0.15, 0.2) is 18.1 Å². The van der Waals surface area contributed by atoms with E-state index in [0.29, 0.717) is 0 Å². The van der Waals surface area contributed by atoms with Gasteiger partial charge in [-0.2, -0.15) is 0 Å². The fourth-order valence-electron chi connectivity index (χ4n) is 0.114. The number of rotatable bonds is 2. The molecule has 0 aliphatic rings. The summed E-state index contributed by atoms with van der Waals surface area (Å²) in [5, 5.41) is 1.00. The fraction of sp³-hybridized carbons (Fsp3) is 0. The van der Waals surface area contributed by atoms with Crippen molar-refractivity contribution in [1.29, 1.82) is 0 Å². The Labute approximate surface area is 44.1 Å². The topological polar surface area (TPSA) is 34.1 Å². The van der Waals surface area contributed by atoms with Crippen LogP contribution in [-0.2, 0) is 10.7 Å². The second kappa shape index (κ2) is 3.61. The van der Waals surface area contributed by atoms with Crippen LogP contribution in [0.4, 0.5) is 0 Å². The molecule has 0 N–H and O–H groups in total. The smallest absolute Gasteiger partial charge is 0.161 e. The van der Waals surface area contributed by atoms with E-state index in [1.54, 1.807) is 0 Å². The average molecular weight is 117 g/mol. The summed E-state index contributed by atoms with van der Waals surface area (Å²) in [5.74, 6) is 0. The molecule has 7 heavy (non-hydrogen) atoms. The molecule has 2 nitrogen and oxygen atoms in total. The molecule has 0 fully saturated rings. The molecule has 0 heterocycles. The second-order valence-electron chi connectivity index (χ2n) is 0.805. The molecule has 0 unspecified atom stereocenters. The van der Waals surface area contributed by atoms with E-state index in [-0.39, 0.29) is 0 Å². The highest BCUT2D eigenvalue weighted by atomic mass is 32.2. The van der Waals surface area contributed by atoms with E-state index in [9.17, 15) is 8.42 Å². The van der Waals surface area contributed by atoms with Crippen molar-refractivity contribution in [1.82, 2.24) is 0 Å². The lowest BCUT2D eigenvalue weighted by atomic mass is 10.6. The summed E-state index contributed by atoms with van der Waals surface area (Å²) in [6, 6.07) is 0. The summed E-state index contributed by atoms with van der Waals surface area (Å²) in [4.78, 5) is 0. The zero-order valence-electron chi connectivity index (χ0n) is 3.63. The minimum Gasteiger partial charge on any atom is -0.227 e. The van der Waals surface area contributed by atoms with Gasteiger partial charge in [0.2, 0.25) is 0 Å². The maximum atomic E-state index is 9.64. The van der Waals surface area contributed by atoms with Gasteiger partial charge in [0.1, 0.15) is 0 Å². The maximum absolute atomic E-state index is 9.64. The summed E-state index contributed by atoms with van der Waals surface area (Å²) in [5.41, 5.74) is 0. The molecule has 0 saturated carbocycles. The molecular formula is C4H5O2S. The molecule has 0 spiro atoms. The van der Waals surface area contributed by atoms with Crippen LogP contribution in [0.3, 0.4) is 0 Å². The lowest BCUT2D eigenvalue weighted by Crippen LogP contribution is -1.59. The summed E-state index contributed by atoms with van der Waals surface area (Å²) in [7, 11) is -2.39. The fourth-order valence-corrected chi connectivity index (χ4v) is 0.341. The van der Waals surface area contributed by atoms with Crippen molar-refractivity contribution in [2.45, 2.75) is 0 Å². The molecule has 0 aliphatic carbocycles. The molecule has 0 amide bonds. The van der Waals surface area contributed by atoms with Gasteiger partial charge in [-0.1, -0.05) is 6.58 Å². The highest BCUT2D eigenvalue weighted by Crippen LogP contribution is 1.68. The maximum Gasteiger partial charge on any atom is 0.161 e. The average Bonchev–Trinajstić information content (AvgIpc) is 1.61. The first kappa shape index (κ1) is 6.43. The Morgan fingerprint density at radius 3 is 2.29 bits per heavy atom. The van der Waals surface area contributed by atoms with Crippen LogP contribution in [0.5, 0.6) is 0 Å². The van der Waals surface area contributed by atoms with Gasteiger partial charge < -0.3 is 0 Å². The molecule has 0 aromatic heterocycles. The normalized spacial score (nSPS) is 10.4. The van der Waals surface area contributed by atoms with Crippen molar-refractivity contribution in [3.05, 3.63) is 24.1 Å². The summed E-state index contributed by atoms with van der Waals surface area (Å²) in [6.07, 6.45) is 3.53. The molecule has 0 aromatic carbocycles. The van der Waals surface area contributed by atoms with Crippen LogP contribution >= 0.6 is 0 Å². The number of thiol groups is 1. The molecule has 0 bridgehead atoms. The Bertz CT molecular complexity index is 136. The van der Waals surface area contributed by atoms with Crippen LogP contribution in [0.25, 0.3) is 0 Å². The largest absolute Gasteiger partial charge is 0.227 e. The second-order valence-corrected chi connectivity index (χ2v) is 1.67. The standard InChI is InChI=1S/C4H5O2S/c1-2-3-4-7(5)6/h3-4,7H,1H2. The Morgan fingerprint density at radius 1 is 1.57 bits per heavy atom. The minimum atomic E-state index is -2.39. The highest BCUT2D eigenvalue weighted by molar-refractivity contribution is 7.75. The molecule has 1 radical (unpaired) electrons. The van der Waals surface area contributed by atoms with Gasteiger partial charge in [-0.15, -0.1) is 0 Å². The number of hydrogen-bond acceptors (Lipinski definition) is 2. The van der Waals surface area contributed by atoms with Crippen molar-refractivity contribution in [2.75, 3.05) is 0 Å². The summed E-state index contributed by atoms with van der Waals surface area (Å²) in [6.45, 7) is 3.15. The third-order valence-electron chi connectivity index (χ3n) is 0.314. The SMILES string of the molecule is C=[C]C=C[SH](=O)=O. The monoisotopic (exact) mass is 117 g/mol. The number of allylic oxidation sites excluding steroid dienone is 2. The molecule has 0 saturated heterocycles. The highest BCUT2D eigenvalue weighted by Gasteiger charge is 1.63. The van der Waals surface area contributed by atoms with Crippen molar-refractivity contribution in [3.63, 3.8) is 0 Å². The van der Waals surface area contributed by atoms with E-state index < -0.39 is 10.7 Å². The van der Waals surface area contributed by atoms with E-state index in [2.05, 4.69) is 12.7 Å². The Balaban J connectivity index is 3.69. The first-order valence-electron chi connectivity index (χ1n) is 1.60. The van der Waals surface area contributed by atoms with E-state index in [1.165, 1.54) is 6.08 Å². The Hall–Kier alpha value is -0.570. The third kappa shape index (κ3) is 5.43. The summed E-state index contributed by atoms with van der Waals surface area (Å²) < 4.78 is 19.3. The molecule has 0 aliphatic heterocycles. The molecular weight excluding hydrogens is 112 g/mol. The van der Waals surface area contributed by atoms with Crippen molar-refractivity contribution in [2.24, 2.45) is 0 Å². The zero-order valence-corrected chi connectivity index (χ0v) is 4.52. The lowest BCUT2D eigenvalue weighted by molar-refractivity contribution is 0.622. The van der Waals surface area contributed by atoms with Gasteiger partial charge in [0.05, 0.1) is 0 Å². The quantitative estimate of drug-likeness (QED) is 0.411. The third-order valence-corrected chi connectivity index (χ3v) is 0.707.